The number of rotatable bonds is 5. The molecule has 3 unspecified atom stereocenters. The number of carboxylic acids is 1. The van der Waals surface area contributed by atoms with Crippen molar-refractivity contribution in [3.8, 4) is 5.75 Å². The van der Waals surface area contributed by atoms with Crippen molar-refractivity contribution in [1.29, 1.82) is 0 Å². The van der Waals surface area contributed by atoms with Gasteiger partial charge in [0.05, 0.1) is 6.54 Å². The molecule has 0 bridgehead atoms. The molecular formula is C20H29NO5. The van der Waals surface area contributed by atoms with E-state index in [1.807, 2.05) is 24.3 Å². The van der Waals surface area contributed by atoms with Gasteiger partial charge in [0.15, 0.2) is 0 Å². The predicted octanol–water partition coefficient (Wildman–Crippen LogP) is 4.04. The van der Waals surface area contributed by atoms with Crippen LogP contribution in [0.5, 0.6) is 5.75 Å². The van der Waals surface area contributed by atoms with Crippen LogP contribution in [0.25, 0.3) is 0 Å². The zero-order valence-electron chi connectivity index (χ0n) is 16.2. The van der Waals surface area contributed by atoms with E-state index in [2.05, 4.69) is 13.8 Å². The molecule has 6 heteroatoms. The number of nitrogens with zero attached hydrogens (tertiary/aromatic N) is 1. The van der Waals surface area contributed by atoms with Gasteiger partial charge < -0.3 is 14.6 Å². The van der Waals surface area contributed by atoms with E-state index in [-0.39, 0.29) is 19.1 Å². The van der Waals surface area contributed by atoms with Crippen LogP contribution in [0.15, 0.2) is 24.3 Å². The van der Waals surface area contributed by atoms with Crippen molar-refractivity contribution in [3.05, 3.63) is 29.8 Å². The summed E-state index contributed by atoms with van der Waals surface area (Å²) in [5.41, 5.74) is 0.565. The van der Waals surface area contributed by atoms with E-state index in [1.54, 1.807) is 20.8 Å². The Balaban J connectivity index is 2.05. The Morgan fingerprint density at radius 1 is 1.27 bits per heavy atom. The summed E-state index contributed by atoms with van der Waals surface area (Å²) in [7, 11) is 0. The molecule has 1 fully saturated rings. The van der Waals surface area contributed by atoms with Gasteiger partial charge in [-0.25, -0.2) is 9.59 Å². The van der Waals surface area contributed by atoms with Gasteiger partial charge in [0, 0.05) is 6.42 Å². The number of hydrogen-bond donors (Lipinski definition) is 1. The highest BCUT2D eigenvalue weighted by atomic mass is 16.6. The minimum atomic E-state index is -1.05. The summed E-state index contributed by atoms with van der Waals surface area (Å²) in [5, 5.41) is 9.43. The van der Waals surface area contributed by atoms with Gasteiger partial charge in [-0.2, -0.15) is 0 Å². The van der Waals surface area contributed by atoms with Crippen LogP contribution in [-0.2, 0) is 9.53 Å². The fourth-order valence-corrected chi connectivity index (χ4v) is 2.94. The lowest BCUT2D eigenvalue weighted by Crippen LogP contribution is -2.43. The van der Waals surface area contributed by atoms with Crippen LogP contribution in [0.1, 0.15) is 58.9 Å². The molecule has 1 saturated heterocycles. The molecule has 1 heterocycles. The van der Waals surface area contributed by atoms with E-state index in [9.17, 15) is 14.7 Å². The monoisotopic (exact) mass is 363 g/mol. The van der Waals surface area contributed by atoms with Gasteiger partial charge in [0.1, 0.15) is 23.5 Å². The van der Waals surface area contributed by atoms with Gasteiger partial charge in [-0.3, -0.25) is 4.90 Å². The number of hydrogen-bond acceptors (Lipinski definition) is 4. The number of amides is 1. The van der Waals surface area contributed by atoms with Crippen molar-refractivity contribution in [3.63, 3.8) is 0 Å². The van der Waals surface area contributed by atoms with Crippen LogP contribution in [0.3, 0.4) is 0 Å². The molecule has 0 spiro atoms. The summed E-state index contributed by atoms with van der Waals surface area (Å²) >= 11 is 0. The van der Waals surface area contributed by atoms with E-state index >= 15 is 0 Å². The van der Waals surface area contributed by atoms with Crippen LogP contribution < -0.4 is 4.74 Å². The highest BCUT2D eigenvalue weighted by molar-refractivity contribution is 5.81. The second-order valence-electron chi connectivity index (χ2n) is 7.84. The number of carbonyl (C=O) groups excluding carboxylic acids is 1. The number of carboxylic acid groups (broad SMARTS) is 1. The molecule has 1 aliphatic rings. The average molecular weight is 363 g/mol. The number of likely N-dealkylation sites (tertiary alicyclic amines) is 1. The third kappa shape index (κ3) is 5.13. The molecule has 3 atom stereocenters. The standard InChI is InChI=1S/C20H29NO5/c1-6-13(2)14-7-9-15(10-8-14)25-16-11-17(18(22)23)21(12-16)19(24)26-20(3,4)5/h7-10,13,16-17H,6,11-12H2,1-5H3,(H,22,23). The largest absolute Gasteiger partial charge is 0.488 e. The normalized spacial score (nSPS) is 21.3. The maximum absolute atomic E-state index is 12.3. The Morgan fingerprint density at radius 2 is 1.88 bits per heavy atom. The van der Waals surface area contributed by atoms with Crippen LogP contribution in [0.4, 0.5) is 4.79 Å². The molecule has 0 saturated carbocycles. The van der Waals surface area contributed by atoms with E-state index in [1.165, 1.54) is 10.5 Å². The van der Waals surface area contributed by atoms with Gasteiger partial charge >= 0.3 is 12.1 Å². The Hall–Kier alpha value is -2.24. The number of aliphatic carboxylic acids is 1. The Morgan fingerprint density at radius 3 is 2.38 bits per heavy atom. The van der Waals surface area contributed by atoms with Crippen molar-refractivity contribution in [2.24, 2.45) is 0 Å². The van der Waals surface area contributed by atoms with Gasteiger partial charge in [0.25, 0.3) is 0 Å². The summed E-state index contributed by atoms with van der Waals surface area (Å²) in [4.78, 5) is 25.1. The zero-order valence-corrected chi connectivity index (χ0v) is 16.2. The Labute approximate surface area is 155 Å². The first-order chi connectivity index (χ1) is 12.1. The fraction of sp³-hybridized carbons (Fsp3) is 0.600. The van der Waals surface area contributed by atoms with Crippen LogP contribution in [0.2, 0.25) is 0 Å². The van der Waals surface area contributed by atoms with E-state index in [0.29, 0.717) is 11.7 Å². The molecule has 0 radical (unpaired) electrons. The van der Waals surface area contributed by atoms with E-state index < -0.39 is 23.7 Å². The molecule has 2 rings (SSSR count). The van der Waals surface area contributed by atoms with Gasteiger partial charge in [0.2, 0.25) is 0 Å². The van der Waals surface area contributed by atoms with Crippen LogP contribution >= 0.6 is 0 Å². The van der Waals surface area contributed by atoms with Gasteiger partial charge in [-0.15, -0.1) is 0 Å². The quantitative estimate of drug-likeness (QED) is 0.854. The lowest BCUT2D eigenvalue weighted by Gasteiger charge is -2.26. The molecule has 0 aromatic heterocycles. The van der Waals surface area contributed by atoms with Crippen molar-refractivity contribution in [2.45, 2.75) is 71.1 Å². The number of benzene rings is 1. The summed E-state index contributed by atoms with van der Waals surface area (Å²) < 4.78 is 11.2. The first-order valence-corrected chi connectivity index (χ1v) is 9.09. The highest BCUT2D eigenvalue weighted by Crippen LogP contribution is 2.27. The highest BCUT2D eigenvalue weighted by Gasteiger charge is 2.42. The summed E-state index contributed by atoms with van der Waals surface area (Å²) in [6.07, 6.45) is 0.302. The molecule has 144 valence electrons. The topological polar surface area (TPSA) is 76.1 Å². The Bertz CT molecular complexity index is 635. The molecule has 1 N–H and O–H groups in total. The minimum Gasteiger partial charge on any atom is -0.488 e. The smallest absolute Gasteiger partial charge is 0.411 e. The lowest BCUT2D eigenvalue weighted by atomic mass is 9.99. The van der Waals surface area contributed by atoms with Crippen molar-refractivity contribution >= 4 is 12.1 Å². The maximum Gasteiger partial charge on any atom is 0.411 e. The van der Waals surface area contributed by atoms with Gasteiger partial charge in [-0.1, -0.05) is 26.0 Å². The predicted molar refractivity (Wildman–Crippen MR) is 98.5 cm³/mol. The molecule has 0 aliphatic carbocycles. The Kier molecular flexibility index (Phi) is 6.16. The SMILES string of the molecule is CCC(C)c1ccc(OC2CC(C(=O)O)N(C(=O)OC(C)(C)C)C2)cc1. The number of carbonyl (C=O) groups is 2. The molecular weight excluding hydrogens is 334 g/mol. The van der Waals surface area contributed by atoms with E-state index in [0.717, 1.165) is 6.42 Å². The van der Waals surface area contributed by atoms with Crippen LogP contribution in [-0.4, -0.2) is 46.4 Å². The fourth-order valence-electron chi connectivity index (χ4n) is 2.94. The molecule has 1 aliphatic heterocycles. The molecule has 1 aromatic carbocycles. The molecule has 1 amide bonds. The van der Waals surface area contributed by atoms with Crippen LogP contribution in [0, 0.1) is 0 Å². The van der Waals surface area contributed by atoms with Crippen molar-refractivity contribution in [2.75, 3.05) is 6.54 Å². The number of ether oxygens (including phenoxy) is 2. The first kappa shape index (κ1) is 20.1. The van der Waals surface area contributed by atoms with E-state index in [4.69, 9.17) is 9.47 Å². The minimum absolute atomic E-state index is 0.193. The molecule has 6 nitrogen and oxygen atoms in total. The second-order valence-corrected chi connectivity index (χ2v) is 7.84. The second kappa shape index (κ2) is 7.98. The van der Waals surface area contributed by atoms with Gasteiger partial charge in [-0.05, 0) is 50.8 Å². The average Bonchev–Trinajstić information content (AvgIpc) is 2.97. The first-order valence-electron chi connectivity index (χ1n) is 9.09. The van der Waals surface area contributed by atoms with Crippen molar-refractivity contribution in [1.82, 2.24) is 4.90 Å². The molecule has 1 aromatic rings. The summed E-state index contributed by atoms with van der Waals surface area (Å²) in [6, 6.07) is 6.91. The summed E-state index contributed by atoms with van der Waals surface area (Å²) in [6.45, 7) is 9.77. The molecule has 26 heavy (non-hydrogen) atoms. The third-order valence-electron chi connectivity index (χ3n) is 4.54. The lowest BCUT2D eigenvalue weighted by molar-refractivity contribution is -0.142. The zero-order chi connectivity index (χ0) is 19.5. The summed E-state index contributed by atoms with van der Waals surface area (Å²) in [5.74, 6) is 0.112. The van der Waals surface area contributed by atoms with Crippen molar-refractivity contribution < 1.29 is 24.2 Å². The third-order valence-corrected chi connectivity index (χ3v) is 4.54. The maximum atomic E-state index is 12.3.